The van der Waals surface area contributed by atoms with Crippen molar-refractivity contribution >= 4 is 28.1 Å². The number of carbonyl (C=O) groups excluding carboxylic acids is 1. The Morgan fingerprint density at radius 2 is 2.31 bits per heavy atom. The SMILES string of the molecule is O=C1OC[C@H]2c3c(O)cccc3C=C(Br)N12. The van der Waals surface area contributed by atoms with Crippen LogP contribution in [0.5, 0.6) is 5.75 Å². The molecule has 4 nitrogen and oxygen atoms in total. The van der Waals surface area contributed by atoms with Crippen LogP contribution >= 0.6 is 15.9 Å². The molecule has 2 aliphatic heterocycles. The molecule has 82 valence electrons. The molecule has 1 amide bonds. The van der Waals surface area contributed by atoms with Crippen molar-refractivity contribution in [3.63, 3.8) is 0 Å². The van der Waals surface area contributed by atoms with Gasteiger partial charge in [0.05, 0.1) is 4.61 Å². The summed E-state index contributed by atoms with van der Waals surface area (Å²) in [4.78, 5) is 13.0. The lowest BCUT2D eigenvalue weighted by atomic mass is 9.96. The highest BCUT2D eigenvalue weighted by molar-refractivity contribution is 9.11. The van der Waals surface area contributed by atoms with Gasteiger partial charge >= 0.3 is 6.09 Å². The summed E-state index contributed by atoms with van der Waals surface area (Å²) in [5.74, 6) is 0.196. The summed E-state index contributed by atoms with van der Waals surface area (Å²) < 4.78 is 5.65. The summed E-state index contributed by atoms with van der Waals surface area (Å²) in [6.07, 6.45) is 1.42. The molecule has 2 heterocycles. The van der Waals surface area contributed by atoms with Crippen LogP contribution in [0, 0.1) is 0 Å². The summed E-state index contributed by atoms with van der Waals surface area (Å²) >= 11 is 3.33. The van der Waals surface area contributed by atoms with Crippen LogP contribution in [0.15, 0.2) is 22.8 Å². The number of halogens is 1. The first-order valence-corrected chi connectivity index (χ1v) is 5.63. The van der Waals surface area contributed by atoms with E-state index in [2.05, 4.69) is 15.9 Å². The smallest absolute Gasteiger partial charge is 0.415 e. The van der Waals surface area contributed by atoms with E-state index >= 15 is 0 Å². The third kappa shape index (κ3) is 1.18. The standard InChI is InChI=1S/C11H8BrNO3/c12-9-4-6-2-1-3-8(14)10(6)7-5-16-11(15)13(7)9/h1-4,7,14H,5H2/t7-/m0/s1. The number of fused-ring (bicyclic) bond motifs is 3. The fourth-order valence-electron chi connectivity index (χ4n) is 2.13. The maximum Gasteiger partial charge on any atom is 0.415 e. The maximum atomic E-state index is 11.5. The lowest BCUT2D eigenvalue weighted by Gasteiger charge is -2.27. The second-order valence-corrected chi connectivity index (χ2v) is 4.52. The first-order chi connectivity index (χ1) is 7.68. The highest BCUT2D eigenvalue weighted by atomic mass is 79.9. The van der Waals surface area contributed by atoms with Gasteiger partial charge in [-0.1, -0.05) is 12.1 Å². The number of ether oxygens (including phenoxy) is 1. The number of hydrogen-bond donors (Lipinski definition) is 1. The summed E-state index contributed by atoms with van der Waals surface area (Å²) in [5, 5.41) is 9.84. The van der Waals surface area contributed by atoms with Crippen molar-refractivity contribution < 1.29 is 14.6 Å². The first-order valence-electron chi connectivity index (χ1n) is 4.83. The van der Waals surface area contributed by atoms with E-state index in [-0.39, 0.29) is 24.5 Å². The van der Waals surface area contributed by atoms with Gasteiger partial charge in [-0.05, 0) is 33.6 Å². The van der Waals surface area contributed by atoms with Crippen LogP contribution in [0.3, 0.4) is 0 Å². The van der Waals surface area contributed by atoms with Gasteiger partial charge < -0.3 is 9.84 Å². The Bertz CT molecular complexity index is 512. The highest BCUT2D eigenvalue weighted by Gasteiger charge is 2.40. The lowest BCUT2D eigenvalue weighted by Crippen LogP contribution is -2.27. The van der Waals surface area contributed by atoms with Gasteiger partial charge in [0.2, 0.25) is 0 Å². The molecule has 1 saturated heterocycles. The van der Waals surface area contributed by atoms with Gasteiger partial charge in [0.1, 0.15) is 18.4 Å². The van der Waals surface area contributed by atoms with E-state index in [1.807, 2.05) is 6.07 Å². The molecule has 1 aromatic carbocycles. The molecule has 1 N–H and O–H groups in total. The summed E-state index contributed by atoms with van der Waals surface area (Å²) in [7, 11) is 0. The molecular weight excluding hydrogens is 274 g/mol. The fourth-order valence-corrected chi connectivity index (χ4v) is 2.77. The zero-order valence-corrected chi connectivity index (χ0v) is 9.77. The van der Waals surface area contributed by atoms with Crippen molar-refractivity contribution in [3.8, 4) is 5.75 Å². The largest absolute Gasteiger partial charge is 0.508 e. The predicted molar refractivity (Wildman–Crippen MR) is 60.9 cm³/mol. The van der Waals surface area contributed by atoms with E-state index in [4.69, 9.17) is 4.74 Å². The molecule has 5 heteroatoms. The number of cyclic esters (lactones) is 1. The molecule has 1 fully saturated rings. The van der Waals surface area contributed by atoms with Crippen LogP contribution in [0.4, 0.5) is 4.79 Å². The van der Waals surface area contributed by atoms with E-state index in [1.54, 1.807) is 18.2 Å². The van der Waals surface area contributed by atoms with Crippen molar-refractivity contribution in [1.82, 2.24) is 4.90 Å². The molecule has 1 aromatic rings. The molecule has 16 heavy (non-hydrogen) atoms. The molecule has 0 radical (unpaired) electrons. The Morgan fingerprint density at radius 3 is 3.12 bits per heavy atom. The molecule has 0 aromatic heterocycles. The highest BCUT2D eigenvalue weighted by Crippen LogP contribution is 2.43. The third-order valence-electron chi connectivity index (χ3n) is 2.83. The Labute approximate surface area is 100 Å². The predicted octanol–water partition coefficient (Wildman–Crippen LogP) is 2.59. The van der Waals surface area contributed by atoms with Gasteiger partial charge in [0, 0.05) is 5.56 Å². The summed E-state index contributed by atoms with van der Waals surface area (Å²) in [6.45, 7) is 0.270. The quantitative estimate of drug-likeness (QED) is 0.744. The zero-order valence-electron chi connectivity index (χ0n) is 8.18. The number of rotatable bonds is 0. The molecule has 2 aliphatic rings. The molecule has 0 saturated carbocycles. The van der Waals surface area contributed by atoms with E-state index < -0.39 is 0 Å². The molecule has 0 unspecified atom stereocenters. The van der Waals surface area contributed by atoms with Gasteiger partial charge in [0.15, 0.2) is 0 Å². The number of phenols is 1. The van der Waals surface area contributed by atoms with Crippen molar-refractivity contribution in [2.75, 3.05) is 6.61 Å². The Morgan fingerprint density at radius 1 is 1.50 bits per heavy atom. The third-order valence-corrected chi connectivity index (χ3v) is 3.44. The van der Waals surface area contributed by atoms with Crippen LogP contribution in [0.2, 0.25) is 0 Å². The zero-order chi connectivity index (χ0) is 11.3. The van der Waals surface area contributed by atoms with E-state index in [1.165, 1.54) is 4.90 Å². The molecule has 0 bridgehead atoms. The van der Waals surface area contributed by atoms with Crippen molar-refractivity contribution in [1.29, 1.82) is 0 Å². The Balaban J connectivity index is 2.23. The van der Waals surface area contributed by atoms with Crippen molar-refractivity contribution in [3.05, 3.63) is 33.9 Å². The number of benzene rings is 1. The molecule has 1 atom stereocenters. The number of phenolic OH excluding ortho intramolecular Hbond substituents is 1. The van der Waals surface area contributed by atoms with E-state index in [0.29, 0.717) is 4.61 Å². The molecule has 0 spiro atoms. The minimum Gasteiger partial charge on any atom is -0.508 e. The van der Waals surface area contributed by atoms with Gasteiger partial charge in [-0.3, -0.25) is 4.90 Å². The molecule has 0 aliphatic carbocycles. The van der Waals surface area contributed by atoms with Crippen molar-refractivity contribution in [2.45, 2.75) is 6.04 Å². The lowest BCUT2D eigenvalue weighted by molar-refractivity contribution is 0.166. The average molecular weight is 282 g/mol. The number of hydrogen-bond acceptors (Lipinski definition) is 3. The van der Waals surface area contributed by atoms with Crippen LogP contribution in [0.25, 0.3) is 6.08 Å². The van der Waals surface area contributed by atoms with Gasteiger partial charge in [-0.2, -0.15) is 0 Å². The van der Waals surface area contributed by atoms with Crippen LogP contribution < -0.4 is 0 Å². The van der Waals surface area contributed by atoms with Gasteiger partial charge in [-0.15, -0.1) is 0 Å². The Hall–Kier alpha value is -1.49. The normalized spacial score (nSPS) is 22.3. The first kappa shape index (κ1) is 9.72. The second-order valence-electron chi connectivity index (χ2n) is 3.71. The van der Waals surface area contributed by atoms with E-state index in [9.17, 15) is 9.90 Å². The topological polar surface area (TPSA) is 49.8 Å². The molecular formula is C11H8BrNO3. The number of nitrogens with zero attached hydrogens (tertiary/aromatic N) is 1. The second kappa shape index (κ2) is 3.25. The van der Waals surface area contributed by atoms with E-state index in [0.717, 1.165) is 11.1 Å². The van der Waals surface area contributed by atoms with Crippen LogP contribution in [-0.2, 0) is 4.74 Å². The fraction of sp³-hybridized carbons (Fsp3) is 0.182. The monoisotopic (exact) mass is 281 g/mol. The number of aromatic hydroxyl groups is 1. The minimum absolute atomic E-state index is 0.196. The Kier molecular flexibility index (Phi) is 1.97. The van der Waals surface area contributed by atoms with Gasteiger partial charge in [-0.25, -0.2) is 4.79 Å². The van der Waals surface area contributed by atoms with Crippen LogP contribution in [-0.4, -0.2) is 22.7 Å². The maximum absolute atomic E-state index is 11.5. The average Bonchev–Trinajstić information content (AvgIpc) is 2.61. The van der Waals surface area contributed by atoms with Crippen LogP contribution in [0.1, 0.15) is 17.2 Å². The minimum atomic E-state index is -0.387. The molecule has 3 rings (SSSR count). The number of carbonyl (C=O) groups is 1. The summed E-state index contributed by atoms with van der Waals surface area (Å²) in [5.41, 5.74) is 1.66. The van der Waals surface area contributed by atoms with Gasteiger partial charge in [0.25, 0.3) is 0 Å². The number of amides is 1. The van der Waals surface area contributed by atoms with Crippen molar-refractivity contribution in [2.24, 2.45) is 0 Å². The summed E-state index contributed by atoms with van der Waals surface area (Å²) in [6, 6.07) is 5.06.